The fourth-order valence-electron chi connectivity index (χ4n) is 1.97. The Kier molecular flexibility index (Phi) is 5.55. The van der Waals surface area contributed by atoms with Gasteiger partial charge in [0.05, 0.1) is 10.6 Å². The van der Waals surface area contributed by atoms with Gasteiger partial charge in [-0.3, -0.25) is 0 Å². The predicted molar refractivity (Wildman–Crippen MR) is 78.3 cm³/mol. The molecule has 0 aliphatic heterocycles. The van der Waals surface area contributed by atoms with Crippen LogP contribution in [0.1, 0.15) is 16.8 Å². The quantitative estimate of drug-likeness (QED) is 0.566. The van der Waals surface area contributed by atoms with Crippen molar-refractivity contribution in [1.82, 2.24) is 14.8 Å². The van der Waals surface area contributed by atoms with Crippen LogP contribution in [0, 0.1) is 6.92 Å². The lowest BCUT2D eigenvalue weighted by Crippen LogP contribution is -2.20. The molecule has 2 aromatic heterocycles. The van der Waals surface area contributed by atoms with Gasteiger partial charge >= 0.3 is 12.4 Å². The number of ether oxygens (including phenoxy) is 1. The summed E-state index contributed by atoms with van der Waals surface area (Å²) in [7, 11) is 1.10. The van der Waals surface area contributed by atoms with E-state index in [1.807, 2.05) is 0 Å². The summed E-state index contributed by atoms with van der Waals surface area (Å²) in [5, 5.41) is 3.72. The minimum absolute atomic E-state index is 0.285. The van der Waals surface area contributed by atoms with Crippen LogP contribution in [0.25, 0.3) is 0 Å². The maximum atomic E-state index is 13.1. The molecule has 0 aromatic carbocycles. The maximum Gasteiger partial charge on any atom is 0.435 e. The Labute approximate surface area is 143 Å². The molecule has 2 heterocycles. The van der Waals surface area contributed by atoms with E-state index in [0.717, 1.165) is 24.4 Å². The molecule has 2 aromatic rings. The number of nitrogens with zero attached hydrogens (tertiary/aromatic N) is 3. The molecule has 138 valence electrons. The molecule has 0 unspecified atom stereocenters. The molecule has 0 aliphatic rings. The van der Waals surface area contributed by atoms with Gasteiger partial charge in [0, 0.05) is 19.0 Å². The summed E-state index contributed by atoms with van der Waals surface area (Å²) in [4.78, 5) is 4.00. The largest absolute Gasteiger partial charge is 0.468 e. The minimum atomic E-state index is -4.81. The van der Waals surface area contributed by atoms with Gasteiger partial charge in [-0.2, -0.15) is 31.4 Å². The minimum Gasteiger partial charge on any atom is -0.468 e. The smallest absolute Gasteiger partial charge is 0.435 e. The summed E-state index contributed by atoms with van der Waals surface area (Å²) in [6, 6.07) is 3.37. The van der Waals surface area contributed by atoms with Crippen LogP contribution in [-0.4, -0.2) is 27.5 Å². The zero-order chi connectivity index (χ0) is 18.8. The van der Waals surface area contributed by atoms with Crippen molar-refractivity contribution in [2.75, 3.05) is 6.61 Å². The van der Waals surface area contributed by atoms with Crippen molar-refractivity contribution < 1.29 is 31.1 Å². The highest BCUT2D eigenvalue weighted by atomic mass is 32.2. The Hall–Kier alpha value is -1.91. The van der Waals surface area contributed by atoms with Crippen molar-refractivity contribution in [3.8, 4) is 5.88 Å². The highest BCUT2D eigenvalue weighted by molar-refractivity contribution is 7.98. The van der Waals surface area contributed by atoms with E-state index < -0.39 is 36.1 Å². The number of alkyl halides is 6. The second-order valence-corrected chi connectivity index (χ2v) is 6.11. The lowest BCUT2D eigenvalue weighted by molar-refractivity contribution is -0.154. The van der Waals surface area contributed by atoms with E-state index in [2.05, 4.69) is 14.8 Å². The molecule has 0 bridgehead atoms. The second kappa shape index (κ2) is 7.14. The Bertz CT molecular complexity index is 741. The number of hydrogen-bond donors (Lipinski definition) is 0. The van der Waals surface area contributed by atoms with Gasteiger partial charge in [-0.15, -0.1) is 11.8 Å². The average Bonchev–Trinajstić information content (AvgIpc) is 2.78. The van der Waals surface area contributed by atoms with Gasteiger partial charge in [0.25, 0.3) is 0 Å². The van der Waals surface area contributed by atoms with Gasteiger partial charge in [0.2, 0.25) is 5.88 Å². The first-order valence-electron chi connectivity index (χ1n) is 6.85. The summed E-state index contributed by atoms with van der Waals surface area (Å²) in [5.74, 6) is -0.850. The zero-order valence-corrected chi connectivity index (χ0v) is 13.9. The number of halogens is 6. The summed E-state index contributed by atoms with van der Waals surface area (Å²) in [6.07, 6.45) is -7.99. The standard InChI is InChI=1S/C14H13F6N3OS/c1-8-3-4-21-10(5-8)25-6-9-11(14(18,19)20)22-23(2)12(9)24-7-13(15,16)17/h3-5H,6-7H2,1-2H3. The number of hydrogen-bond acceptors (Lipinski definition) is 4. The van der Waals surface area contributed by atoms with Crippen LogP contribution in [0.2, 0.25) is 0 Å². The highest BCUT2D eigenvalue weighted by Gasteiger charge is 2.40. The van der Waals surface area contributed by atoms with Gasteiger partial charge in [-0.25, -0.2) is 9.67 Å². The van der Waals surface area contributed by atoms with E-state index >= 15 is 0 Å². The third-order valence-electron chi connectivity index (χ3n) is 2.98. The van der Waals surface area contributed by atoms with Crippen molar-refractivity contribution in [3.63, 3.8) is 0 Å². The highest BCUT2D eigenvalue weighted by Crippen LogP contribution is 2.38. The normalized spacial score (nSPS) is 12.5. The molecule has 25 heavy (non-hydrogen) atoms. The van der Waals surface area contributed by atoms with Crippen LogP contribution in [-0.2, 0) is 19.0 Å². The van der Waals surface area contributed by atoms with Crippen LogP contribution in [0.4, 0.5) is 26.3 Å². The lowest BCUT2D eigenvalue weighted by atomic mass is 10.2. The first-order chi connectivity index (χ1) is 11.5. The molecular formula is C14H13F6N3OS. The molecule has 0 saturated carbocycles. The molecule has 0 radical (unpaired) electrons. The zero-order valence-electron chi connectivity index (χ0n) is 13.1. The molecule has 0 fully saturated rings. The van der Waals surface area contributed by atoms with Crippen molar-refractivity contribution in [3.05, 3.63) is 35.2 Å². The second-order valence-electron chi connectivity index (χ2n) is 5.12. The third-order valence-corrected chi connectivity index (χ3v) is 3.94. The molecule has 0 aliphatic carbocycles. The SMILES string of the molecule is Cc1ccnc(SCc2c(C(F)(F)F)nn(C)c2OCC(F)(F)F)c1. The first-order valence-corrected chi connectivity index (χ1v) is 7.84. The first kappa shape index (κ1) is 19.4. The third kappa shape index (κ3) is 5.28. The molecule has 0 N–H and O–H groups in total. The van der Waals surface area contributed by atoms with Gasteiger partial charge in [0.1, 0.15) is 0 Å². The Morgan fingerprint density at radius 3 is 2.44 bits per heavy atom. The van der Waals surface area contributed by atoms with Crippen LogP contribution in [0.5, 0.6) is 5.88 Å². The summed E-state index contributed by atoms with van der Waals surface area (Å²) in [6.45, 7) is 0.0824. The number of aryl methyl sites for hydroxylation is 2. The Morgan fingerprint density at radius 2 is 1.88 bits per heavy atom. The summed E-state index contributed by atoms with van der Waals surface area (Å²) >= 11 is 0.953. The molecule has 0 spiro atoms. The molecule has 0 saturated heterocycles. The average molecular weight is 385 g/mol. The number of aromatic nitrogens is 3. The van der Waals surface area contributed by atoms with E-state index in [9.17, 15) is 26.3 Å². The molecular weight excluding hydrogens is 372 g/mol. The Balaban J connectivity index is 2.31. The summed E-state index contributed by atoms with van der Waals surface area (Å²) < 4.78 is 81.7. The van der Waals surface area contributed by atoms with Crippen molar-refractivity contribution in [2.45, 2.75) is 30.1 Å². The monoisotopic (exact) mass is 385 g/mol. The molecule has 4 nitrogen and oxygen atoms in total. The van der Waals surface area contributed by atoms with E-state index in [4.69, 9.17) is 0 Å². The maximum absolute atomic E-state index is 13.1. The van der Waals surface area contributed by atoms with E-state index in [1.165, 1.54) is 6.20 Å². The molecule has 2 rings (SSSR count). The van der Waals surface area contributed by atoms with Crippen molar-refractivity contribution in [2.24, 2.45) is 7.05 Å². The number of pyridine rings is 1. The van der Waals surface area contributed by atoms with Crippen molar-refractivity contribution >= 4 is 11.8 Å². The van der Waals surface area contributed by atoms with Gasteiger partial charge in [0.15, 0.2) is 12.3 Å². The molecule has 0 amide bonds. The van der Waals surface area contributed by atoms with Crippen LogP contribution < -0.4 is 4.74 Å². The number of rotatable bonds is 5. The van der Waals surface area contributed by atoms with Crippen LogP contribution in [0.3, 0.4) is 0 Å². The van der Waals surface area contributed by atoms with Gasteiger partial charge in [-0.05, 0) is 24.6 Å². The topological polar surface area (TPSA) is 39.9 Å². The van der Waals surface area contributed by atoms with E-state index in [-0.39, 0.29) is 5.75 Å². The van der Waals surface area contributed by atoms with Crippen LogP contribution in [0.15, 0.2) is 23.4 Å². The predicted octanol–water partition coefficient (Wildman–Crippen LogP) is 4.38. The van der Waals surface area contributed by atoms with Crippen LogP contribution >= 0.6 is 11.8 Å². The summed E-state index contributed by atoms with van der Waals surface area (Å²) in [5.41, 5.74) is -0.867. The fourth-order valence-corrected chi connectivity index (χ4v) is 2.93. The van der Waals surface area contributed by atoms with E-state index in [1.54, 1.807) is 19.1 Å². The van der Waals surface area contributed by atoms with Gasteiger partial charge < -0.3 is 4.74 Å². The number of thioether (sulfide) groups is 1. The van der Waals surface area contributed by atoms with Crippen molar-refractivity contribution in [1.29, 1.82) is 0 Å². The van der Waals surface area contributed by atoms with E-state index in [0.29, 0.717) is 9.71 Å². The van der Waals surface area contributed by atoms with Gasteiger partial charge in [-0.1, -0.05) is 0 Å². The molecule has 11 heteroatoms. The molecule has 0 atom stereocenters. The lowest BCUT2D eigenvalue weighted by Gasteiger charge is -2.12. The Morgan fingerprint density at radius 1 is 1.20 bits per heavy atom. The fraction of sp³-hybridized carbons (Fsp3) is 0.429.